The van der Waals surface area contributed by atoms with Gasteiger partial charge >= 0.3 is 0 Å². The second-order valence-electron chi connectivity index (χ2n) is 6.24. The minimum atomic E-state index is -4.03. The molecule has 2 aromatic carbocycles. The molecule has 1 aliphatic rings. The van der Waals surface area contributed by atoms with E-state index in [9.17, 15) is 22.0 Å². The lowest BCUT2D eigenvalue weighted by Crippen LogP contribution is -2.46. The molecule has 144 valence electrons. The third kappa shape index (κ3) is 4.53. The van der Waals surface area contributed by atoms with Gasteiger partial charge in [-0.15, -0.1) is 0 Å². The van der Waals surface area contributed by atoms with Gasteiger partial charge in [0.25, 0.3) is 5.91 Å². The van der Waals surface area contributed by atoms with Gasteiger partial charge in [-0.05, 0) is 43.2 Å². The van der Waals surface area contributed by atoms with E-state index in [0.29, 0.717) is 17.3 Å². The van der Waals surface area contributed by atoms with Crippen molar-refractivity contribution in [1.29, 1.82) is 0 Å². The van der Waals surface area contributed by atoms with Crippen LogP contribution in [0.25, 0.3) is 0 Å². The molecular weight excluding hydrogens is 442 g/mol. The Balaban J connectivity index is 1.65. The van der Waals surface area contributed by atoms with Gasteiger partial charge in [-0.1, -0.05) is 28.1 Å². The Bertz CT molecular complexity index is 961. The number of hydrogen-bond donors (Lipinski definition) is 1. The summed E-state index contributed by atoms with van der Waals surface area (Å²) < 4.78 is 55.5. The zero-order valence-corrected chi connectivity index (χ0v) is 16.6. The Kier molecular flexibility index (Phi) is 5.92. The van der Waals surface area contributed by atoms with Crippen LogP contribution in [0.5, 0.6) is 0 Å². The largest absolute Gasteiger partial charge is 0.338 e. The normalized spacial score (nSPS) is 15.7. The molecule has 9 heteroatoms. The molecule has 0 aromatic heterocycles. The Morgan fingerprint density at radius 3 is 2.41 bits per heavy atom. The summed E-state index contributed by atoms with van der Waals surface area (Å²) in [4.78, 5) is 13.5. The quantitative estimate of drug-likeness (QED) is 0.763. The van der Waals surface area contributed by atoms with E-state index >= 15 is 0 Å². The van der Waals surface area contributed by atoms with Gasteiger partial charge < -0.3 is 4.90 Å². The Morgan fingerprint density at radius 1 is 1.07 bits per heavy atom. The van der Waals surface area contributed by atoms with Crippen molar-refractivity contribution >= 4 is 31.9 Å². The predicted molar refractivity (Wildman–Crippen MR) is 99.7 cm³/mol. The molecule has 27 heavy (non-hydrogen) atoms. The maximum Gasteiger partial charge on any atom is 0.256 e. The minimum absolute atomic E-state index is 0.00672. The third-order valence-electron chi connectivity index (χ3n) is 4.39. The van der Waals surface area contributed by atoms with Crippen LogP contribution in [0.4, 0.5) is 8.78 Å². The van der Waals surface area contributed by atoms with Crippen molar-refractivity contribution in [2.75, 3.05) is 13.1 Å². The summed E-state index contributed by atoms with van der Waals surface area (Å²) in [6.07, 6.45) is 0.712. The van der Waals surface area contributed by atoms with E-state index in [0.717, 1.165) is 6.07 Å². The van der Waals surface area contributed by atoms with Crippen LogP contribution >= 0.6 is 15.9 Å². The number of amides is 1. The van der Waals surface area contributed by atoms with Crippen molar-refractivity contribution in [3.8, 4) is 0 Å². The molecule has 1 N–H and O–H groups in total. The zero-order valence-electron chi connectivity index (χ0n) is 14.2. The molecule has 3 rings (SSSR count). The summed E-state index contributed by atoms with van der Waals surface area (Å²) in [6.45, 7) is 0.558. The number of piperidine rings is 1. The minimum Gasteiger partial charge on any atom is -0.338 e. The molecule has 2 aromatic rings. The number of rotatable bonds is 4. The lowest BCUT2D eigenvalue weighted by atomic mass is 10.0. The molecule has 1 amide bonds. The van der Waals surface area contributed by atoms with Crippen molar-refractivity contribution in [2.24, 2.45) is 0 Å². The molecule has 0 radical (unpaired) electrons. The SMILES string of the molecule is O=C(c1ccccc1F)N1CCC(NS(=O)(=O)c2cc(Br)ccc2F)CC1. The molecule has 5 nitrogen and oxygen atoms in total. The number of nitrogens with one attached hydrogen (secondary N) is 1. The van der Waals surface area contributed by atoms with Crippen molar-refractivity contribution in [2.45, 2.75) is 23.8 Å². The maximum absolute atomic E-state index is 13.9. The second-order valence-corrected chi connectivity index (χ2v) is 8.84. The van der Waals surface area contributed by atoms with Crippen LogP contribution in [0.15, 0.2) is 51.8 Å². The Labute approximate surface area is 164 Å². The molecule has 0 aliphatic carbocycles. The number of benzene rings is 2. The molecule has 0 unspecified atom stereocenters. The van der Waals surface area contributed by atoms with Gasteiger partial charge in [0, 0.05) is 23.6 Å². The first-order valence-electron chi connectivity index (χ1n) is 8.29. The molecule has 0 atom stereocenters. The number of likely N-dealkylation sites (tertiary alicyclic amines) is 1. The highest BCUT2D eigenvalue weighted by atomic mass is 79.9. The smallest absolute Gasteiger partial charge is 0.256 e. The summed E-state index contributed by atoms with van der Waals surface area (Å²) in [5.74, 6) is -1.85. The van der Waals surface area contributed by atoms with Crippen LogP contribution in [-0.2, 0) is 10.0 Å². The summed E-state index contributed by atoms with van der Waals surface area (Å²) in [5.41, 5.74) is -0.00672. The first kappa shape index (κ1) is 19.9. The fourth-order valence-corrected chi connectivity index (χ4v) is 4.89. The van der Waals surface area contributed by atoms with Crippen molar-refractivity contribution in [3.05, 3.63) is 64.1 Å². The lowest BCUT2D eigenvalue weighted by molar-refractivity contribution is 0.0706. The van der Waals surface area contributed by atoms with Gasteiger partial charge in [0.2, 0.25) is 10.0 Å². The third-order valence-corrected chi connectivity index (χ3v) is 6.42. The van der Waals surface area contributed by atoms with Crippen LogP contribution in [0, 0.1) is 11.6 Å². The topological polar surface area (TPSA) is 66.5 Å². The Hall–Kier alpha value is -1.84. The molecule has 1 saturated heterocycles. The standard InChI is InChI=1S/C18H17BrF2N2O3S/c19-12-5-6-16(21)17(11-12)27(25,26)22-13-7-9-23(10-8-13)18(24)14-3-1-2-4-15(14)20/h1-6,11,13,22H,7-10H2. The summed E-state index contributed by atoms with van der Waals surface area (Å²) in [7, 11) is -4.03. The van der Waals surface area contributed by atoms with Crippen molar-refractivity contribution in [1.82, 2.24) is 9.62 Å². The van der Waals surface area contributed by atoms with Gasteiger partial charge in [0.05, 0.1) is 5.56 Å². The Morgan fingerprint density at radius 2 is 1.74 bits per heavy atom. The second kappa shape index (κ2) is 8.04. The van der Waals surface area contributed by atoms with E-state index in [1.807, 2.05) is 0 Å². The first-order chi connectivity index (χ1) is 12.8. The molecular formula is C18H17BrF2N2O3S. The molecule has 0 spiro atoms. The first-order valence-corrected chi connectivity index (χ1v) is 10.6. The molecule has 0 bridgehead atoms. The summed E-state index contributed by atoms with van der Waals surface area (Å²) in [6, 6.07) is 9.00. The van der Waals surface area contributed by atoms with Crippen molar-refractivity contribution < 1.29 is 22.0 Å². The van der Waals surface area contributed by atoms with Crippen LogP contribution in [0.2, 0.25) is 0 Å². The van der Waals surface area contributed by atoms with Gasteiger partial charge in [0.15, 0.2) is 0 Å². The van der Waals surface area contributed by atoms with Crippen LogP contribution in [0.1, 0.15) is 23.2 Å². The van der Waals surface area contributed by atoms with Crippen LogP contribution in [0.3, 0.4) is 0 Å². The van der Waals surface area contributed by atoms with E-state index in [-0.39, 0.29) is 18.7 Å². The number of nitrogens with zero attached hydrogens (tertiary/aromatic N) is 1. The van der Waals surface area contributed by atoms with Gasteiger partial charge in [-0.3, -0.25) is 4.79 Å². The van der Waals surface area contributed by atoms with E-state index < -0.39 is 38.5 Å². The molecule has 1 heterocycles. The van der Waals surface area contributed by atoms with Gasteiger partial charge in [0.1, 0.15) is 16.5 Å². The van der Waals surface area contributed by atoms with Crippen LogP contribution < -0.4 is 4.72 Å². The molecule has 0 saturated carbocycles. The van der Waals surface area contributed by atoms with E-state index in [1.165, 1.54) is 35.2 Å². The highest BCUT2D eigenvalue weighted by Gasteiger charge is 2.29. The van der Waals surface area contributed by atoms with Gasteiger partial charge in [-0.25, -0.2) is 21.9 Å². The number of sulfonamides is 1. The highest BCUT2D eigenvalue weighted by molar-refractivity contribution is 9.10. The van der Waals surface area contributed by atoms with Crippen molar-refractivity contribution in [3.63, 3.8) is 0 Å². The van der Waals surface area contributed by atoms with E-state index in [2.05, 4.69) is 20.7 Å². The lowest BCUT2D eigenvalue weighted by Gasteiger charge is -2.32. The monoisotopic (exact) mass is 458 g/mol. The number of halogens is 3. The highest BCUT2D eigenvalue weighted by Crippen LogP contribution is 2.22. The van der Waals surface area contributed by atoms with Gasteiger partial charge in [-0.2, -0.15) is 0 Å². The average Bonchev–Trinajstić information content (AvgIpc) is 2.64. The fourth-order valence-electron chi connectivity index (χ4n) is 2.97. The maximum atomic E-state index is 13.9. The molecule has 1 fully saturated rings. The predicted octanol–water partition coefficient (Wildman–Crippen LogP) is 3.31. The summed E-state index contributed by atoms with van der Waals surface area (Å²) in [5, 5.41) is 0. The number of carbonyl (C=O) groups is 1. The molecule has 1 aliphatic heterocycles. The van der Waals surface area contributed by atoms with E-state index in [1.54, 1.807) is 6.07 Å². The van der Waals surface area contributed by atoms with Crippen LogP contribution in [-0.4, -0.2) is 38.4 Å². The fraction of sp³-hybridized carbons (Fsp3) is 0.278. The van der Waals surface area contributed by atoms with E-state index in [4.69, 9.17) is 0 Å². The average molecular weight is 459 g/mol. The number of hydrogen-bond acceptors (Lipinski definition) is 3. The summed E-state index contributed by atoms with van der Waals surface area (Å²) >= 11 is 3.13. The number of carbonyl (C=O) groups excluding carboxylic acids is 1. The zero-order chi connectivity index (χ0) is 19.6.